The lowest BCUT2D eigenvalue weighted by Gasteiger charge is -2.13. The summed E-state index contributed by atoms with van der Waals surface area (Å²) in [6, 6.07) is 12.0. The molecule has 0 saturated heterocycles. The SMILES string of the molecule is Cc1cc(O)cc(=O)n1C(=S)Nc1ccccc1. The fourth-order valence-electron chi connectivity index (χ4n) is 1.65. The molecular weight excluding hydrogens is 248 g/mol. The van der Waals surface area contributed by atoms with Crippen LogP contribution in [0.1, 0.15) is 5.69 Å². The first kappa shape index (κ1) is 12.3. The predicted molar refractivity (Wildman–Crippen MR) is 75.2 cm³/mol. The summed E-state index contributed by atoms with van der Waals surface area (Å²) in [5.74, 6) is -0.0590. The van der Waals surface area contributed by atoms with E-state index in [-0.39, 0.29) is 16.4 Å². The second-order valence-electron chi connectivity index (χ2n) is 3.82. The van der Waals surface area contributed by atoms with Crippen molar-refractivity contribution in [1.29, 1.82) is 0 Å². The molecular formula is C13H12N2O2S. The summed E-state index contributed by atoms with van der Waals surface area (Å²) in [6.07, 6.45) is 0. The Morgan fingerprint density at radius 3 is 2.56 bits per heavy atom. The molecule has 1 aromatic heterocycles. The monoisotopic (exact) mass is 260 g/mol. The third-order valence-electron chi connectivity index (χ3n) is 2.43. The van der Waals surface area contributed by atoms with E-state index >= 15 is 0 Å². The average molecular weight is 260 g/mol. The van der Waals surface area contributed by atoms with Crippen molar-refractivity contribution in [3.8, 4) is 5.75 Å². The number of aromatic hydroxyl groups is 1. The van der Waals surface area contributed by atoms with Crippen LogP contribution >= 0.6 is 12.2 Å². The van der Waals surface area contributed by atoms with Gasteiger partial charge in [-0.05, 0) is 37.3 Å². The van der Waals surface area contributed by atoms with Crippen LogP contribution in [0.25, 0.3) is 0 Å². The lowest BCUT2D eigenvalue weighted by molar-refractivity contribution is 0.472. The number of aryl methyl sites for hydroxylation is 1. The zero-order valence-corrected chi connectivity index (χ0v) is 10.6. The van der Waals surface area contributed by atoms with Crippen molar-refractivity contribution >= 4 is 23.0 Å². The Hall–Kier alpha value is -2.14. The highest BCUT2D eigenvalue weighted by molar-refractivity contribution is 7.80. The normalized spacial score (nSPS) is 10.1. The van der Waals surface area contributed by atoms with Gasteiger partial charge >= 0.3 is 0 Å². The van der Waals surface area contributed by atoms with Gasteiger partial charge < -0.3 is 10.4 Å². The molecule has 2 aromatic rings. The van der Waals surface area contributed by atoms with Crippen molar-refractivity contribution in [2.45, 2.75) is 6.92 Å². The van der Waals surface area contributed by atoms with Gasteiger partial charge in [-0.3, -0.25) is 9.36 Å². The second-order valence-corrected chi connectivity index (χ2v) is 4.21. The van der Waals surface area contributed by atoms with Gasteiger partial charge in [0.2, 0.25) is 0 Å². The fraction of sp³-hybridized carbons (Fsp3) is 0.0769. The molecule has 5 heteroatoms. The standard InChI is InChI=1S/C13H12N2O2S/c1-9-7-11(16)8-12(17)15(9)13(18)14-10-5-3-2-4-6-10/h2-8,16H,1H3,(H,14,18). The number of hydrogen-bond acceptors (Lipinski definition) is 3. The molecule has 0 saturated carbocycles. The van der Waals surface area contributed by atoms with Crippen LogP contribution in [0.3, 0.4) is 0 Å². The maximum absolute atomic E-state index is 11.8. The van der Waals surface area contributed by atoms with Gasteiger partial charge in [0, 0.05) is 17.4 Å². The molecule has 0 fully saturated rings. The van der Waals surface area contributed by atoms with Crippen LogP contribution in [-0.2, 0) is 0 Å². The first-order valence-corrected chi connectivity index (χ1v) is 5.78. The summed E-state index contributed by atoms with van der Waals surface area (Å²) in [6.45, 7) is 1.71. The first-order chi connectivity index (χ1) is 8.58. The van der Waals surface area contributed by atoms with Gasteiger partial charge in [-0.25, -0.2) is 0 Å². The van der Waals surface area contributed by atoms with Gasteiger partial charge in [-0.15, -0.1) is 0 Å². The van der Waals surface area contributed by atoms with Crippen molar-refractivity contribution < 1.29 is 5.11 Å². The molecule has 18 heavy (non-hydrogen) atoms. The van der Waals surface area contributed by atoms with E-state index in [1.807, 2.05) is 30.3 Å². The van der Waals surface area contributed by atoms with E-state index in [2.05, 4.69) is 5.32 Å². The Morgan fingerprint density at radius 2 is 1.94 bits per heavy atom. The molecule has 1 heterocycles. The van der Waals surface area contributed by atoms with E-state index in [0.717, 1.165) is 11.8 Å². The Labute approximate surface area is 110 Å². The molecule has 0 atom stereocenters. The van der Waals surface area contributed by atoms with Crippen LogP contribution in [0, 0.1) is 6.92 Å². The lowest BCUT2D eigenvalue weighted by Crippen LogP contribution is -2.31. The highest BCUT2D eigenvalue weighted by Gasteiger charge is 2.07. The number of aromatic nitrogens is 1. The van der Waals surface area contributed by atoms with Crippen molar-refractivity contribution in [1.82, 2.24) is 4.57 Å². The molecule has 2 N–H and O–H groups in total. The summed E-state index contributed by atoms with van der Waals surface area (Å²) < 4.78 is 1.34. The van der Waals surface area contributed by atoms with Crippen LogP contribution in [-0.4, -0.2) is 14.8 Å². The number of nitrogens with zero attached hydrogens (tertiary/aromatic N) is 1. The maximum Gasteiger partial charge on any atom is 0.260 e. The van der Waals surface area contributed by atoms with Crippen LogP contribution in [0.15, 0.2) is 47.3 Å². The van der Waals surface area contributed by atoms with E-state index < -0.39 is 0 Å². The predicted octanol–water partition coefficient (Wildman–Crippen LogP) is 2.11. The zero-order valence-electron chi connectivity index (χ0n) is 9.75. The Kier molecular flexibility index (Phi) is 3.43. The molecule has 2 rings (SSSR count). The van der Waals surface area contributed by atoms with E-state index in [1.54, 1.807) is 6.92 Å². The fourth-order valence-corrected chi connectivity index (χ4v) is 2.00. The van der Waals surface area contributed by atoms with Gasteiger partial charge in [0.1, 0.15) is 5.75 Å². The van der Waals surface area contributed by atoms with E-state index in [4.69, 9.17) is 12.2 Å². The average Bonchev–Trinajstić information content (AvgIpc) is 2.28. The quantitative estimate of drug-likeness (QED) is 0.771. The van der Waals surface area contributed by atoms with Gasteiger partial charge in [-0.2, -0.15) is 0 Å². The topological polar surface area (TPSA) is 54.3 Å². The summed E-state index contributed by atoms with van der Waals surface area (Å²) in [4.78, 5) is 11.8. The number of nitrogens with one attached hydrogen (secondary N) is 1. The number of thiocarbonyl (C=S) groups is 1. The molecule has 92 valence electrons. The maximum atomic E-state index is 11.8. The second kappa shape index (κ2) is 5.01. The minimum absolute atomic E-state index is 0.0590. The Balaban J connectivity index is 2.33. The van der Waals surface area contributed by atoms with E-state index in [0.29, 0.717) is 5.69 Å². The number of hydrogen-bond donors (Lipinski definition) is 2. The molecule has 4 nitrogen and oxygen atoms in total. The molecule has 0 aliphatic heterocycles. The molecule has 0 spiro atoms. The number of pyridine rings is 1. The molecule has 0 unspecified atom stereocenters. The number of rotatable bonds is 1. The summed E-state index contributed by atoms with van der Waals surface area (Å²) in [5.41, 5.74) is 1.02. The van der Waals surface area contributed by atoms with Gasteiger partial charge in [0.25, 0.3) is 5.56 Å². The summed E-state index contributed by atoms with van der Waals surface area (Å²) in [7, 11) is 0. The Morgan fingerprint density at radius 1 is 1.28 bits per heavy atom. The van der Waals surface area contributed by atoms with Crippen molar-refractivity contribution in [3.63, 3.8) is 0 Å². The minimum atomic E-state index is -0.360. The minimum Gasteiger partial charge on any atom is -0.508 e. The van der Waals surface area contributed by atoms with Crippen molar-refractivity contribution in [3.05, 3.63) is 58.5 Å². The number of benzene rings is 1. The van der Waals surface area contributed by atoms with Crippen LogP contribution < -0.4 is 10.9 Å². The molecule has 0 amide bonds. The highest BCUT2D eigenvalue weighted by Crippen LogP contribution is 2.09. The van der Waals surface area contributed by atoms with E-state index in [1.165, 1.54) is 10.6 Å². The third kappa shape index (κ3) is 2.57. The van der Waals surface area contributed by atoms with Crippen LogP contribution in [0.5, 0.6) is 5.75 Å². The molecule has 1 aromatic carbocycles. The molecule has 0 bridgehead atoms. The number of anilines is 1. The third-order valence-corrected chi connectivity index (χ3v) is 2.71. The van der Waals surface area contributed by atoms with Crippen LogP contribution in [0.4, 0.5) is 5.69 Å². The largest absolute Gasteiger partial charge is 0.508 e. The lowest BCUT2D eigenvalue weighted by atomic mass is 10.3. The molecule has 0 aliphatic carbocycles. The summed E-state index contributed by atoms with van der Waals surface area (Å²) in [5, 5.41) is 12.6. The van der Waals surface area contributed by atoms with Gasteiger partial charge in [0.05, 0.1) is 0 Å². The first-order valence-electron chi connectivity index (χ1n) is 5.37. The summed E-state index contributed by atoms with van der Waals surface area (Å²) >= 11 is 5.19. The zero-order chi connectivity index (χ0) is 13.1. The van der Waals surface area contributed by atoms with E-state index in [9.17, 15) is 9.90 Å². The smallest absolute Gasteiger partial charge is 0.260 e. The van der Waals surface area contributed by atoms with Crippen molar-refractivity contribution in [2.75, 3.05) is 5.32 Å². The highest BCUT2D eigenvalue weighted by atomic mass is 32.1. The van der Waals surface area contributed by atoms with Gasteiger partial charge in [0.15, 0.2) is 5.11 Å². The molecule has 0 aliphatic rings. The van der Waals surface area contributed by atoms with Crippen molar-refractivity contribution in [2.24, 2.45) is 0 Å². The Bertz CT molecular complexity index is 635. The van der Waals surface area contributed by atoms with Crippen LogP contribution in [0.2, 0.25) is 0 Å². The number of para-hydroxylation sites is 1. The molecule has 0 radical (unpaired) electrons. The van der Waals surface area contributed by atoms with Gasteiger partial charge in [-0.1, -0.05) is 18.2 Å².